The minimum atomic E-state index is -0.489. The molecule has 1 aromatic heterocycles. The van der Waals surface area contributed by atoms with Crippen LogP contribution in [-0.2, 0) is 9.53 Å². The molecule has 0 N–H and O–H groups in total. The van der Waals surface area contributed by atoms with E-state index in [4.69, 9.17) is 0 Å². The number of likely N-dealkylation sites (N-methyl/N-ethyl adjacent to an activating group) is 1. The van der Waals surface area contributed by atoms with Gasteiger partial charge in [-0.05, 0) is 12.1 Å². The minimum absolute atomic E-state index is 0.229. The van der Waals surface area contributed by atoms with E-state index in [0.717, 1.165) is 6.29 Å². The Balaban J connectivity index is 2.91. The molecule has 0 radical (unpaired) electrons. The highest BCUT2D eigenvalue weighted by atomic mass is 16.5. The average molecular weight is 208 g/mol. The van der Waals surface area contributed by atoms with E-state index >= 15 is 0 Å². The van der Waals surface area contributed by atoms with Gasteiger partial charge in [0.15, 0.2) is 5.69 Å². The number of aldehydes is 1. The maximum absolute atomic E-state index is 11.2. The van der Waals surface area contributed by atoms with Gasteiger partial charge in [0.1, 0.15) is 12.1 Å². The predicted octanol–water partition coefficient (Wildman–Crippen LogP) is 0.503. The van der Waals surface area contributed by atoms with Gasteiger partial charge in [0.05, 0.1) is 13.7 Å². The van der Waals surface area contributed by atoms with Gasteiger partial charge in [-0.2, -0.15) is 0 Å². The molecule has 0 aliphatic heterocycles. The molecule has 80 valence electrons. The first-order chi connectivity index (χ1) is 7.19. The van der Waals surface area contributed by atoms with Crippen molar-refractivity contribution in [1.82, 2.24) is 4.98 Å². The Bertz CT molecular complexity index is 365. The van der Waals surface area contributed by atoms with Crippen molar-refractivity contribution in [3.63, 3.8) is 0 Å². The van der Waals surface area contributed by atoms with Crippen molar-refractivity contribution in [3.8, 4) is 0 Å². The fourth-order valence-corrected chi connectivity index (χ4v) is 1.06. The third-order valence-corrected chi connectivity index (χ3v) is 1.87. The first-order valence-corrected chi connectivity index (χ1v) is 4.39. The third-order valence-electron chi connectivity index (χ3n) is 1.87. The van der Waals surface area contributed by atoms with Crippen LogP contribution in [0, 0.1) is 0 Å². The molecule has 0 fully saturated rings. The van der Waals surface area contributed by atoms with E-state index in [1.165, 1.54) is 7.11 Å². The summed E-state index contributed by atoms with van der Waals surface area (Å²) in [5.74, 6) is 0.0707. The van der Waals surface area contributed by atoms with E-state index in [0.29, 0.717) is 5.82 Å². The second kappa shape index (κ2) is 5.09. The number of aromatic nitrogens is 1. The highest BCUT2D eigenvalue weighted by Crippen LogP contribution is 2.09. The Kier molecular flexibility index (Phi) is 3.79. The Morgan fingerprint density at radius 1 is 1.60 bits per heavy atom. The van der Waals surface area contributed by atoms with Gasteiger partial charge in [0.2, 0.25) is 0 Å². The summed E-state index contributed by atoms with van der Waals surface area (Å²) in [4.78, 5) is 27.2. The number of rotatable bonds is 4. The fraction of sp³-hybridized carbons (Fsp3) is 0.300. The Labute approximate surface area is 87.7 Å². The van der Waals surface area contributed by atoms with Crippen LogP contribution >= 0.6 is 0 Å². The van der Waals surface area contributed by atoms with Crippen LogP contribution in [0.1, 0.15) is 10.5 Å². The number of anilines is 1. The lowest BCUT2D eigenvalue weighted by Crippen LogP contribution is -2.21. The highest BCUT2D eigenvalue weighted by Gasteiger charge is 2.09. The van der Waals surface area contributed by atoms with Crippen LogP contribution in [0.5, 0.6) is 0 Å². The molecule has 0 aliphatic carbocycles. The van der Waals surface area contributed by atoms with Gasteiger partial charge >= 0.3 is 5.97 Å². The Morgan fingerprint density at radius 3 is 2.93 bits per heavy atom. The second-order valence-electron chi connectivity index (χ2n) is 2.92. The summed E-state index contributed by atoms with van der Waals surface area (Å²) >= 11 is 0. The molecule has 15 heavy (non-hydrogen) atoms. The van der Waals surface area contributed by atoms with Gasteiger partial charge in [-0.3, -0.25) is 0 Å². The number of hydrogen-bond donors (Lipinski definition) is 0. The Morgan fingerprint density at radius 2 is 2.33 bits per heavy atom. The summed E-state index contributed by atoms with van der Waals surface area (Å²) in [6.07, 6.45) is 0.770. The fourth-order valence-electron chi connectivity index (χ4n) is 1.06. The number of carbonyl (C=O) groups excluding carboxylic acids is 2. The van der Waals surface area contributed by atoms with Crippen LogP contribution in [-0.4, -0.2) is 37.9 Å². The number of ether oxygens (including phenoxy) is 1. The summed E-state index contributed by atoms with van der Waals surface area (Å²) in [7, 11) is 3.02. The van der Waals surface area contributed by atoms with Crippen molar-refractivity contribution < 1.29 is 14.3 Å². The maximum Gasteiger partial charge on any atom is 0.356 e. The molecule has 5 nitrogen and oxygen atoms in total. The van der Waals surface area contributed by atoms with Gasteiger partial charge in [-0.25, -0.2) is 9.78 Å². The number of hydrogen-bond acceptors (Lipinski definition) is 5. The van der Waals surface area contributed by atoms with Gasteiger partial charge in [-0.1, -0.05) is 6.07 Å². The summed E-state index contributed by atoms with van der Waals surface area (Å²) in [5, 5.41) is 0. The zero-order chi connectivity index (χ0) is 11.3. The second-order valence-corrected chi connectivity index (χ2v) is 2.92. The lowest BCUT2D eigenvalue weighted by molar-refractivity contribution is -0.106. The number of methoxy groups -OCH3 is 1. The number of esters is 1. The maximum atomic E-state index is 11.2. The Hall–Kier alpha value is -1.91. The number of carbonyl (C=O) groups is 2. The number of pyridine rings is 1. The molecule has 0 aromatic carbocycles. The molecule has 0 aliphatic rings. The standard InChI is InChI=1S/C10H12N2O3/c1-12(6-7-13)9-5-3-4-8(11-9)10(14)15-2/h3-5,7H,6H2,1-2H3. The average Bonchev–Trinajstić information content (AvgIpc) is 2.28. The first kappa shape index (κ1) is 11.2. The van der Waals surface area contributed by atoms with Crippen molar-refractivity contribution in [2.45, 2.75) is 0 Å². The summed E-state index contributed by atoms with van der Waals surface area (Å²) < 4.78 is 4.54. The molecule has 0 atom stereocenters. The molecule has 1 rings (SSSR count). The normalized spacial score (nSPS) is 9.47. The van der Waals surface area contributed by atoms with Crippen molar-refractivity contribution in [1.29, 1.82) is 0 Å². The summed E-state index contributed by atoms with van der Waals surface area (Å²) in [6.45, 7) is 0.234. The lowest BCUT2D eigenvalue weighted by atomic mass is 10.3. The monoisotopic (exact) mass is 208 g/mol. The van der Waals surface area contributed by atoms with Crippen molar-refractivity contribution in [2.24, 2.45) is 0 Å². The van der Waals surface area contributed by atoms with Crippen molar-refractivity contribution in [3.05, 3.63) is 23.9 Å². The quantitative estimate of drug-likeness (QED) is 0.532. The molecule has 0 saturated carbocycles. The SMILES string of the molecule is COC(=O)c1cccc(N(C)CC=O)n1. The zero-order valence-electron chi connectivity index (χ0n) is 8.64. The van der Waals surface area contributed by atoms with E-state index in [-0.39, 0.29) is 12.2 Å². The van der Waals surface area contributed by atoms with Crippen LogP contribution in [0.15, 0.2) is 18.2 Å². The van der Waals surface area contributed by atoms with Gasteiger partial charge in [0, 0.05) is 7.05 Å². The minimum Gasteiger partial charge on any atom is -0.464 e. The van der Waals surface area contributed by atoms with Crippen molar-refractivity contribution >= 4 is 18.1 Å². The topological polar surface area (TPSA) is 59.5 Å². The smallest absolute Gasteiger partial charge is 0.356 e. The molecule has 0 spiro atoms. The van der Waals surface area contributed by atoms with Crippen molar-refractivity contribution in [2.75, 3.05) is 25.6 Å². The summed E-state index contributed by atoms with van der Waals surface area (Å²) in [6, 6.07) is 4.97. The van der Waals surface area contributed by atoms with Crippen LogP contribution in [0.25, 0.3) is 0 Å². The molecule has 0 unspecified atom stereocenters. The van der Waals surface area contributed by atoms with E-state index in [9.17, 15) is 9.59 Å². The summed E-state index contributed by atoms with van der Waals surface area (Å²) in [5.41, 5.74) is 0.229. The van der Waals surface area contributed by atoms with Crippen LogP contribution in [0.3, 0.4) is 0 Å². The largest absolute Gasteiger partial charge is 0.464 e. The van der Waals surface area contributed by atoms with Gasteiger partial charge < -0.3 is 14.4 Å². The van der Waals surface area contributed by atoms with E-state index < -0.39 is 5.97 Å². The molecular formula is C10H12N2O3. The third kappa shape index (κ3) is 2.77. The molecular weight excluding hydrogens is 196 g/mol. The van der Waals surface area contributed by atoms with Gasteiger partial charge in [-0.15, -0.1) is 0 Å². The molecule has 1 aromatic rings. The van der Waals surface area contributed by atoms with Gasteiger partial charge in [0.25, 0.3) is 0 Å². The first-order valence-electron chi connectivity index (χ1n) is 4.39. The molecule has 0 bridgehead atoms. The van der Waals surface area contributed by atoms with E-state index in [1.807, 2.05) is 0 Å². The van der Waals surface area contributed by atoms with E-state index in [1.54, 1.807) is 30.1 Å². The number of nitrogens with zero attached hydrogens (tertiary/aromatic N) is 2. The molecule has 0 saturated heterocycles. The lowest BCUT2D eigenvalue weighted by Gasteiger charge is -2.14. The van der Waals surface area contributed by atoms with Crippen LogP contribution in [0.4, 0.5) is 5.82 Å². The molecule has 0 amide bonds. The molecule has 5 heteroatoms. The predicted molar refractivity (Wildman–Crippen MR) is 54.9 cm³/mol. The molecule has 1 heterocycles. The highest BCUT2D eigenvalue weighted by molar-refractivity contribution is 5.87. The van der Waals surface area contributed by atoms with Crippen LogP contribution in [0.2, 0.25) is 0 Å². The van der Waals surface area contributed by atoms with Crippen LogP contribution < -0.4 is 4.90 Å². The zero-order valence-corrected chi connectivity index (χ0v) is 8.64. The van der Waals surface area contributed by atoms with E-state index in [2.05, 4.69) is 9.72 Å².